The van der Waals surface area contributed by atoms with Crippen LogP contribution in [0.3, 0.4) is 0 Å². The second kappa shape index (κ2) is 7.29. The molecule has 2 aliphatic rings. The normalized spacial score (nSPS) is 23.4. The number of rotatable bonds is 3. The summed E-state index contributed by atoms with van der Waals surface area (Å²) in [6, 6.07) is 4.65. The minimum Gasteiger partial charge on any atom is -0.343 e. The number of fused-ring (bicyclic) bond motifs is 1. The number of carbonyl (C=O) groups is 1. The molecule has 150 valence electrons. The Balaban J connectivity index is 1.72. The molecule has 2 atom stereocenters. The molecule has 2 aliphatic heterocycles. The van der Waals surface area contributed by atoms with Gasteiger partial charge in [-0.05, 0) is 49.9 Å². The number of aromatic nitrogens is 2. The molecule has 1 saturated heterocycles. The Bertz CT molecular complexity index is 974. The van der Waals surface area contributed by atoms with Crippen molar-refractivity contribution in [1.29, 1.82) is 0 Å². The average molecular weight is 404 g/mol. The van der Waals surface area contributed by atoms with Gasteiger partial charge < -0.3 is 9.42 Å². The van der Waals surface area contributed by atoms with Gasteiger partial charge in [0.2, 0.25) is 22.3 Å². The zero-order valence-corrected chi connectivity index (χ0v) is 16.9. The fourth-order valence-electron chi connectivity index (χ4n) is 4.34. The van der Waals surface area contributed by atoms with E-state index in [0.717, 1.165) is 30.5 Å². The number of nitrogens with zero attached hydrogens (tertiary/aromatic N) is 4. The van der Waals surface area contributed by atoms with Crippen molar-refractivity contribution in [3.05, 3.63) is 36.0 Å². The van der Waals surface area contributed by atoms with Crippen molar-refractivity contribution in [1.82, 2.24) is 14.4 Å². The molecule has 1 fully saturated rings. The lowest BCUT2D eigenvalue weighted by atomic mass is 10.1. The first-order chi connectivity index (χ1) is 13.4. The third-order valence-corrected chi connectivity index (χ3v) is 7.50. The zero-order chi connectivity index (χ0) is 19.9. The van der Waals surface area contributed by atoms with E-state index in [4.69, 9.17) is 4.52 Å². The number of hydrogen-bond acceptors (Lipinski definition) is 6. The number of benzene rings is 1. The van der Waals surface area contributed by atoms with Gasteiger partial charge in [-0.15, -0.1) is 0 Å². The van der Waals surface area contributed by atoms with Gasteiger partial charge in [-0.1, -0.05) is 18.0 Å². The van der Waals surface area contributed by atoms with Crippen LogP contribution in [0.5, 0.6) is 0 Å². The Morgan fingerprint density at radius 1 is 1.25 bits per heavy atom. The van der Waals surface area contributed by atoms with E-state index in [0.29, 0.717) is 25.2 Å². The zero-order valence-electron chi connectivity index (χ0n) is 16.0. The smallest absolute Gasteiger partial charge is 0.243 e. The Kier molecular flexibility index (Phi) is 4.96. The number of sulfonamides is 1. The predicted molar refractivity (Wildman–Crippen MR) is 102 cm³/mol. The summed E-state index contributed by atoms with van der Waals surface area (Å²) >= 11 is 0. The van der Waals surface area contributed by atoms with E-state index in [-0.39, 0.29) is 16.8 Å². The second-order valence-electron chi connectivity index (χ2n) is 7.50. The average Bonchev–Trinajstić information content (AvgIpc) is 3.21. The maximum absolute atomic E-state index is 13.5. The monoisotopic (exact) mass is 404 g/mol. The van der Waals surface area contributed by atoms with Crippen LogP contribution in [0.2, 0.25) is 0 Å². The van der Waals surface area contributed by atoms with Gasteiger partial charge >= 0.3 is 0 Å². The lowest BCUT2D eigenvalue weighted by molar-refractivity contribution is -0.116. The molecule has 28 heavy (non-hydrogen) atoms. The summed E-state index contributed by atoms with van der Waals surface area (Å²) in [5, 5.41) is 3.90. The second-order valence-corrected chi connectivity index (χ2v) is 9.39. The Morgan fingerprint density at radius 2 is 2.07 bits per heavy atom. The van der Waals surface area contributed by atoms with Crippen molar-refractivity contribution < 1.29 is 17.7 Å². The van der Waals surface area contributed by atoms with E-state index in [1.165, 1.54) is 17.6 Å². The topological polar surface area (TPSA) is 96.6 Å². The standard InChI is InChI=1S/C19H24N4O4S/c1-13-10-15-11-16(7-8-17(15)23(13)14(2)24)28(25,26)22-9-5-3-4-6-18(22)19-20-12-27-21-19/h7-8,11-13,18H,3-6,9-10H2,1-2H3/t13-,18-/m0/s1. The molecule has 8 nitrogen and oxygen atoms in total. The van der Waals surface area contributed by atoms with Crippen LogP contribution in [-0.2, 0) is 21.2 Å². The molecule has 1 amide bonds. The minimum atomic E-state index is -3.73. The van der Waals surface area contributed by atoms with E-state index in [1.807, 2.05) is 6.92 Å². The highest BCUT2D eigenvalue weighted by molar-refractivity contribution is 7.89. The highest BCUT2D eigenvalue weighted by Crippen LogP contribution is 2.37. The Morgan fingerprint density at radius 3 is 2.79 bits per heavy atom. The van der Waals surface area contributed by atoms with E-state index >= 15 is 0 Å². The molecule has 2 aromatic rings. The summed E-state index contributed by atoms with van der Waals surface area (Å²) in [5.74, 6) is 0.370. The molecule has 3 heterocycles. The van der Waals surface area contributed by atoms with Crippen LogP contribution in [0.25, 0.3) is 0 Å². The molecular formula is C19H24N4O4S. The summed E-state index contributed by atoms with van der Waals surface area (Å²) in [5.41, 5.74) is 1.68. The van der Waals surface area contributed by atoms with Crippen LogP contribution in [0, 0.1) is 0 Å². The van der Waals surface area contributed by atoms with E-state index in [9.17, 15) is 13.2 Å². The quantitative estimate of drug-likeness (QED) is 0.780. The fourth-order valence-corrected chi connectivity index (χ4v) is 6.04. The van der Waals surface area contributed by atoms with E-state index in [2.05, 4.69) is 10.1 Å². The summed E-state index contributed by atoms with van der Waals surface area (Å²) in [6.45, 7) is 3.92. The van der Waals surface area contributed by atoms with Gasteiger partial charge in [-0.25, -0.2) is 8.42 Å². The molecule has 1 aromatic heterocycles. The van der Waals surface area contributed by atoms with Crippen molar-refractivity contribution in [2.45, 2.75) is 62.9 Å². The molecule has 0 radical (unpaired) electrons. The number of amides is 1. The summed E-state index contributed by atoms with van der Waals surface area (Å²) in [4.78, 5) is 18.0. The van der Waals surface area contributed by atoms with Crippen molar-refractivity contribution in [2.24, 2.45) is 0 Å². The largest absolute Gasteiger partial charge is 0.343 e. The minimum absolute atomic E-state index is 0.0238. The Hall–Kier alpha value is -2.26. The van der Waals surface area contributed by atoms with Crippen LogP contribution in [0.15, 0.2) is 34.0 Å². The van der Waals surface area contributed by atoms with Gasteiger partial charge in [0.15, 0.2) is 5.82 Å². The van der Waals surface area contributed by atoms with Gasteiger partial charge in [0.25, 0.3) is 0 Å². The van der Waals surface area contributed by atoms with Crippen LogP contribution in [0.1, 0.15) is 57.0 Å². The maximum Gasteiger partial charge on any atom is 0.243 e. The highest BCUT2D eigenvalue weighted by atomic mass is 32.2. The van der Waals surface area contributed by atoms with Gasteiger partial charge in [-0.2, -0.15) is 9.29 Å². The van der Waals surface area contributed by atoms with Gasteiger partial charge in [-0.3, -0.25) is 4.79 Å². The van der Waals surface area contributed by atoms with Crippen LogP contribution < -0.4 is 4.90 Å². The molecule has 0 saturated carbocycles. The molecule has 0 unspecified atom stereocenters. The molecule has 4 rings (SSSR count). The van der Waals surface area contributed by atoms with Gasteiger partial charge in [0.1, 0.15) is 0 Å². The summed E-state index contributed by atoms with van der Waals surface area (Å²) in [7, 11) is -3.73. The van der Waals surface area contributed by atoms with Crippen LogP contribution in [0.4, 0.5) is 5.69 Å². The van der Waals surface area contributed by atoms with Crippen LogP contribution in [-0.4, -0.2) is 41.4 Å². The lowest BCUT2D eigenvalue weighted by Gasteiger charge is -2.27. The number of anilines is 1. The third-order valence-electron chi connectivity index (χ3n) is 5.59. The molecule has 1 aromatic carbocycles. The molecule has 0 spiro atoms. The SMILES string of the molecule is CC(=O)N1c2ccc(S(=O)(=O)N3CCCCC[C@H]3c3ncon3)cc2C[C@@H]1C. The first-order valence-corrected chi connectivity index (χ1v) is 11.0. The lowest BCUT2D eigenvalue weighted by Crippen LogP contribution is -2.35. The Labute approximate surface area is 164 Å². The van der Waals surface area contributed by atoms with Crippen molar-refractivity contribution >= 4 is 21.6 Å². The summed E-state index contributed by atoms with van der Waals surface area (Å²) in [6.07, 6.45) is 5.23. The maximum atomic E-state index is 13.5. The summed E-state index contributed by atoms with van der Waals surface area (Å²) < 4.78 is 33.4. The molecule has 0 bridgehead atoms. The predicted octanol–water partition coefficient (Wildman–Crippen LogP) is 2.67. The highest BCUT2D eigenvalue weighted by Gasteiger charge is 2.37. The van der Waals surface area contributed by atoms with Crippen molar-refractivity contribution in [2.75, 3.05) is 11.4 Å². The first kappa shape index (κ1) is 19.1. The van der Waals surface area contributed by atoms with Gasteiger partial charge in [0.05, 0.1) is 10.9 Å². The van der Waals surface area contributed by atoms with Crippen molar-refractivity contribution in [3.8, 4) is 0 Å². The third kappa shape index (κ3) is 3.22. The first-order valence-electron chi connectivity index (χ1n) is 9.60. The number of carbonyl (C=O) groups excluding carboxylic acids is 1. The van der Waals surface area contributed by atoms with E-state index < -0.39 is 16.1 Å². The molecule has 9 heteroatoms. The molecule has 0 N–H and O–H groups in total. The molecule has 0 aliphatic carbocycles. The van der Waals surface area contributed by atoms with Crippen molar-refractivity contribution in [3.63, 3.8) is 0 Å². The molecular weight excluding hydrogens is 380 g/mol. The van der Waals surface area contributed by atoms with E-state index in [1.54, 1.807) is 23.1 Å². The number of hydrogen-bond donors (Lipinski definition) is 0. The fraction of sp³-hybridized carbons (Fsp3) is 0.526. The van der Waals surface area contributed by atoms with Gasteiger partial charge in [0, 0.05) is 25.2 Å². The van der Waals surface area contributed by atoms with Crippen LogP contribution >= 0.6 is 0 Å².